The fraction of sp³-hybridized carbons (Fsp3) is 0.533. The van der Waals surface area contributed by atoms with E-state index in [0.29, 0.717) is 36.7 Å². The lowest BCUT2D eigenvalue weighted by atomic mass is 10.1. The van der Waals surface area contributed by atoms with Crippen LogP contribution in [-0.2, 0) is 22.5 Å². The van der Waals surface area contributed by atoms with Crippen LogP contribution in [0.3, 0.4) is 0 Å². The average Bonchev–Trinajstić information content (AvgIpc) is 3.30. The van der Waals surface area contributed by atoms with Gasteiger partial charge in [-0.15, -0.1) is 0 Å². The van der Waals surface area contributed by atoms with Crippen molar-refractivity contribution in [2.75, 3.05) is 6.61 Å². The molecule has 0 spiro atoms. The summed E-state index contributed by atoms with van der Waals surface area (Å²) in [4.78, 5) is 18.8. The molecule has 0 aromatic carbocycles. The van der Waals surface area contributed by atoms with E-state index >= 15 is 0 Å². The molecule has 0 aliphatic heterocycles. The maximum Gasteiger partial charge on any atom is 0.306 e. The number of azide groups is 1. The number of fused-ring (bicyclic) bond motifs is 1. The molecule has 0 saturated heterocycles. The van der Waals surface area contributed by atoms with Crippen LogP contribution < -0.4 is 0 Å². The van der Waals surface area contributed by atoms with Crippen molar-refractivity contribution in [3.8, 4) is 0 Å². The van der Waals surface area contributed by atoms with Crippen LogP contribution in [0.2, 0.25) is 0 Å². The van der Waals surface area contributed by atoms with E-state index in [2.05, 4.69) is 20.1 Å². The second-order valence-electron chi connectivity index (χ2n) is 5.56. The number of aryl methyl sites for hydroxylation is 1. The van der Waals surface area contributed by atoms with E-state index in [0.717, 1.165) is 24.1 Å². The fourth-order valence-electron chi connectivity index (χ4n) is 2.52. The minimum absolute atomic E-state index is 0.190. The highest BCUT2D eigenvalue weighted by molar-refractivity contribution is 5.70. The van der Waals surface area contributed by atoms with Crippen molar-refractivity contribution in [2.45, 2.75) is 45.1 Å². The zero-order chi connectivity index (χ0) is 16.2. The quantitative estimate of drug-likeness (QED) is 0.339. The monoisotopic (exact) mass is 314 g/mol. The molecule has 1 aliphatic carbocycles. The van der Waals surface area contributed by atoms with E-state index < -0.39 is 0 Å². The minimum atomic E-state index is -0.212. The van der Waals surface area contributed by atoms with Crippen molar-refractivity contribution in [3.63, 3.8) is 0 Å². The summed E-state index contributed by atoms with van der Waals surface area (Å²) in [5, 5.41) is 8.13. The summed E-state index contributed by atoms with van der Waals surface area (Å²) >= 11 is 0. The molecule has 3 rings (SSSR count). The summed E-state index contributed by atoms with van der Waals surface area (Å²) in [6, 6.07) is 2.04. The van der Waals surface area contributed by atoms with Crippen LogP contribution in [-0.4, -0.2) is 27.2 Å². The Hall–Kier alpha value is -2.60. The Morgan fingerprint density at radius 3 is 3.09 bits per heavy atom. The van der Waals surface area contributed by atoms with Gasteiger partial charge in [-0.1, -0.05) is 5.11 Å². The number of ether oxygens (including phenoxy) is 1. The normalized spacial score (nSPS) is 13.8. The molecular weight excluding hydrogens is 296 g/mol. The molecule has 8 heteroatoms. The molecular formula is C15H18N6O2. The first-order chi connectivity index (χ1) is 11.2. The topological polar surface area (TPSA) is 105 Å². The van der Waals surface area contributed by atoms with Gasteiger partial charge in [-0.2, -0.15) is 5.10 Å². The minimum Gasteiger partial charge on any atom is -0.466 e. The van der Waals surface area contributed by atoms with Gasteiger partial charge in [0.15, 0.2) is 5.65 Å². The third-order valence-corrected chi connectivity index (χ3v) is 3.77. The van der Waals surface area contributed by atoms with Gasteiger partial charge in [-0.3, -0.25) is 4.79 Å². The van der Waals surface area contributed by atoms with Gasteiger partial charge in [-0.05, 0) is 43.3 Å². The highest BCUT2D eigenvalue weighted by Crippen LogP contribution is 2.39. The van der Waals surface area contributed by atoms with Crippen molar-refractivity contribution in [2.24, 2.45) is 5.11 Å². The predicted molar refractivity (Wildman–Crippen MR) is 82.8 cm³/mol. The highest BCUT2D eigenvalue weighted by atomic mass is 16.5. The first-order valence-electron chi connectivity index (χ1n) is 7.75. The third-order valence-electron chi connectivity index (χ3n) is 3.77. The Kier molecular flexibility index (Phi) is 4.43. The van der Waals surface area contributed by atoms with Gasteiger partial charge in [0.25, 0.3) is 0 Å². The number of carbonyl (C=O) groups is 1. The van der Waals surface area contributed by atoms with Crippen molar-refractivity contribution in [1.29, 1.82) is 0 Å². The van der Waals surface area contributed by atoms with E-state index in [1.165, 1.54) is 0 Å². The molecule has 0 unspecified atom stereocenters. The van der Waals surface area contributed by atoms with Crippen LogP contribution in [0.1, 0.15) is 49.1 Å². The number of aromatic nitrogens is 3. The second kappa shape index (κ2) is 6.66. The van der Waals surface area contributed by atoms with Crippen LogP contribution in [0, 0.1) is 0 Å². The number of esters is 1. The van der Waals surface area contributed by atoms with Crippen molar-refractivity contribution in [1.82, 2.24) is 14.6 Å². The summed E-state index contributed by atoms with van der Waals surface area (Å²) in [6.45, 7) is 2.37. The van der Waals surface area contributed by atoms with Crippen molar-refractivity contribution < 1.29 is 9.53 Å². The molecule has 8 nitrogen and oxygen atoms in total. The van der Waals surface area contributed by atoms with Gasteiger partial charge in [0.1, 0.15) is 0 Å². The number of nitrogens with zero attached hydrogens (tertiary/aromatic N) is 6. The highest BCUT2D eigenvalue weighted by Gasteiger charge is 2.26. The Morgan fingerprint density at radius 2 is 2.39 bits per heavy atom. The Balaban J connectivity index is 1.90. The maximum absolute atomic E-state index is 11.6. The molecule has 0 atom stereocenters. The number of hydrogen-bond donors (Lipinski definition) is 0. The Morgan fingerprint density at radius 1 is 1.57 bits per heavy atom. The molecule has 23 heavy (non-hydrogen) atoms. The third kappa shape index (κ3) is 3.60. The summed E-state index contributed by atoms with van der Waals surface area (Å²) < 4.78 is 6.72. The van der Waals surface area contributed by atoms with E-state index in [4.69, 9.17) is 10.3 Å². The van der Waals surface area contributed by atoms with Gasteiger partial charge in [0.05, 0.1) is 30.7 Å². The zero-order valence-electron chi connectivity index (χ0n) is 13.0. The molecule has 2 aromatic heterocycles. The first kappa shape index (κ1) is 15.3. The Bertz CT molecular complexity index is 774. The van der Waals surface area contributed by atoms with Gasteiger partial charge >= 0.3 is 5.97 Å². The molecule has 0 bridgehead atoms. The van der Waals surface area contributed by atoms with Crippen LogP contribution >= 0.6 is 0 Å². The molecule has 120 valence electrons. The van der Waals surface area contributed by atoms with Gasteiger partial charge in [-0.25, -0.2) is 9.50 Å². The second-order valence-corrected chi connectivity index (χ2v) is 5.56. The van der Waals surface area contributed by atoms with Crippen LogP contribution in [0.4, 0.5) is 0 Å². The average molecular weight is 314 g/mol. The fourth-order valence-corrected chi connectivity index (χ4v) is 2.52. The van der Waals surface area contributed by atoms with Gasteiger partial charge in [0, 0.05) is 17.3 Å². The lowest BCUT2D eigenvalue weighted by Crippen LogP contribution is -2.07. The smallest absolute Gasteiger partial charge is 0.306 e. The lowest BCUT2D eigenvalue weighted by molar-refractivity contribution is -0.143. The number of imidazole rings is 1. The molecule has 0 radical (unpaired) electrons. The molecule has 1 fully saturated rings. The first-order valence-corrected chi connectivity index (χ1v) is 7.75. The van der Waals surface area contributed by atoms with E-state index in [1.807, 2.05) is 6.07 Å². The van der Waals surface area contributed by atoms with E-state index in [9.17, 15) is 4.79 Å². The SMILES string of the molecule is CCOC(=O)CCc1cc(C2CC2)nn2cc(CN=[N+]=[N-])nc12. The predicted octanol–water partition coefficient (Wildman–Crippen LogP) is 2.91. The van der Waals surface area contributed by atoms with Gasteiger partial charge < -0.3 is 4.74 Å². The summed E-state index contributed by atoms with van der Waals surface area (Å²) in [5.74, 6) is 0.292. The Labute approximate surface area is 133 Å². The summed E-state index contributed by atoms with van der Waals surface area (Å²) in [6.07, 6.45) is 4.95. The maximum atomic E-state index is 11.6. The molecule has 1 saturated carbocycles. The standard InChI is InChI=1S/C15H18N6O2/c1-2-23-14(22)6-5-11-7-13(10-3-4-10)19-21-9-12(8-17-20-16)18-15(11)21/h7,9-10H,2-6,8H2,1H3. The largest absolute Gasteiger partial charge is 0.466 e. The number of hydrogen-bond acceptors (Lipinski definition) is 5. The van der Waals surface area contributed by atoms with Crippen LogP contribution in [0.25, 0.3) is 16.1 Å². The van der Waals surface area contributed by atoms with Gasteiger partial charge in [0.2, 0.25) is 0 Å². The summed E-state index contributed by atoms with van der Waals surface area (Å²) in [5.41, 5.74) is 11.8. The summed E-state index contributed by atoms with van der Waals surface area (Å²) in [7, 11) is 0. The number of carbonyl (C=O) groups excluding carboxylic acids is 1. The van der Waals surface area contributed by atoms with E-state index in [-0.39, 0.29) is 12.5 Å². The van der Waals surface area contributed by atoms with Crippen LogP contribution in [0.5, 0.6) is 0 Å². The zero-order valence-corrected chi connectivity index (χ0v) is 13.0. The molecule has 1 aliphatic rings. The number of rotatable bonds is 7. The van der Waals surface area contributed by atoms with Crippen LogP contribution in [0.15, 0.2) is 17.4 Å². The molecule has 0 amide bonds. The van der Waals surface area contributed by atoms with E-state index in [1.54, 1.807) is 17.6 Å². The van der Waals surface area contributed by atoms with Crippen molar-refractivity contribution in [3.05, 3.63) is 39.7 Å². The molecule has 2 heterocycles. The lowest BCUT2D eigenvalue weighted by Gasteiger charge is -2.06. The molecule has 2 aromatic rings. The van der Waals surface area contributed by atoms with Crippen molar-refractivity contribution >= 4 is 11.6 Å². The molecule has 0 N–H and O–H groups in total.